The molecule has 0 unspecified atom stereocenters. The summed E-state index contributed by atoms with van der Waals surface area (Å²) in [5.74, 6) is 0.515. The Hall–Kier alpha value is -4.64. The lowest BCUT2D eigenvalue weighted by molar-refractivity contribution is 0.0746. The van der Waals surface area contributed by atoms with E-state index in [4.69, 9.17) is 4.74 Å². The van der Waals surface area contributed by atoms with E-state index in [1.165, 1.54) is 5.56 Å². The fourth-order valence-electron chi connectivity index (χ4n) is 5.35. The van der Waals surface area contributed by atoms with Crippen LogP contribution in [0.25, 0.3) is 16.6 Å². The highest BCUT2D eigenvalue weighted by atomic mass is 16.5. The van der Waals surface area contributed by atoms with Crippen LogP contribution in [-0.2, 0) is 6.42 Å². The first-order valence-electron chi connectivity index (χ1n) is 12.9. The normalized spacial score (nSPS) is 16.4. The summed E-state index contributed by atoms with van der Waals surface area (Å²) in [5.41, 5.74) is 7.65. The number of para-hydroxylation sites is 2. The highest BCUT2D eigenvalue weighted by molar-refractivity contribution is 6.02. The van der Waals surface area contributed by atoms with Crippen molar-refractivity contribution >= 4 is 23.3 Å². The van der Waals surface area contributed by atoms with Crippen LogP contribution in [0.5, 0.6) is 5.75 Å². The first-order valence-corrected chi connectivity index (χ1v) is 12.9. The summed E-state index contributed by atoms with van der Waals surface area (Å²) in [7, 11) is 0. The van der Waals surface area contributed by atoms with Gasteiger partial charge >= 0.3 is 0 Å². The number of nitrogens with zero attached hydrogens (tertiary/aromatic N) is 1. The molecule has 5 heteroatoms. The molecule has 0 bridgehead atoms. The Kier molecular flexibility index (Phi) is 6.04. The van der Waals surface area contributed by atoms with Gasteiger partial charge < -0.3 is 14.5 Å². The number of benzene rings is 3. The number of rotatable bonds is 6. The van der Waals surface area contributed by atoms with Crippen LogP contribution in [0, 0.1) is 6.92 Å². The molecule has 0 saturated carbocycles. The lowest BCUT2D eigenvalue weighted by Gasteiger charge is -2.35. The average molecular weight is 501 g/mol. The number of ether oxygens (including phenoxy) is 1. The fourth-order valence-corrected chi connectivity index (χ4v) is 5.35. The number of carbonyl (C=O) groups excluding carboxylic acids is 2. The smallest absolute Gasteiger partial charge is 0.205 e. The number of anilines is 1. The van der Waals surface area contributed by atoms with Crippen molar-refractivity contribution in [3.63, 3.8) is 0 Å². The van der Waals surface area contributed by atoms with Gasteiger partial charge in [0.25, 0.3) is 0 Å². The standard InChI is InChI=1S/C33H28N2O3/c1-3-22-13-17-24(18-14-22)32(37)33-31(34-25-8-4-5-10-28(25)38-33)30-26-9-6-7-19-35(26)27(20-36)29(30)23-15-11-21(2)12-16-23/h4-20,31,33-34H,3H2,1-2H3/t31-,33+/m0/s1. The molecule has 5 nitrogen and oxygen atoms in total. The van der Waals surface area contributed by atoms with Crippen LogP contribution in [0.1, 0.15) is 50.5 Å². The second-order valence-corrected chi connectivity index (χ2v) is 9.69. The first kappa shape index (κ1) is 23.7. The van der Waals surface area contributed by atoms with E-state index in [9.17, 15) is 9.59 Å². The largest absolute Gasteiger partial charge is 0.478 e. The minimum atomic E-state index is -0.840. The zero-order valence-electron chi connectivity index (χ0n) is 21.3. The van der Waals surface area contributed by atoms with E-state index >= 15 is 0 Å². The summed E-state index contributed by atoms with van der Waals surface area (Å²) in [6.07, 6.45) is 2.84. The number of hydrogen-bond acceptors (Lipinski definition) is 4. The van der Waals surface area contributed by atoms with Gasteiger partial charge in [0, 0.05) is 22.9 Å². The maximum Gasteiger partial charge on any atom is 0.205 e. The molecule has 1 aliphatic heterocycles. The number of aldehydes is 1. The van der Waals surface area contributed by atoms with Crippen molar-refractivity contribution in [2.45, 2.75) is 32.4 Å². The number of ketones is 1. The van der Waals surface area contributed by atoms with Crippen LogP contribution in [0.4, 0.5) is 5.69 Å². The molecule has 3 heterocycles. The molecule has 2 atom stereocenters. The molecular weight excluding hydrogens is 472 g/mol. The summed E-state index contributed by atoms with van der Waals surface area (Å²) in [4.78, 5) is 26.6. The molecule has 1 aliphatic rings. The van der Waals surface area contributed by atoms with Gasteiger partial charge in [0.1, 0.15) is 5.75 Å². The number of pyridine rings is 1. The van der Waals surface area contributed by atoms with Gasteiger partial charge in [-0.1, -0.05) is 79.2 Å². The van der Waals surface area contributed by atoms with Gasteiger partial charge in [-0.25, -0.2) is 0 Å². The van der Waals surface area contributed by atoms with Crippen molar-refractivity contribution in [2.24, 2.45) is 0 Å². The van der Waals surface area contributed by atoms with Gasteiger partial charge in [0.15, 0.2) is 12.4 Å². The van der Waals surface area contributed by atoms with Crippen molar-refractivity contribution in [3.8, 4) is 16.9 Å². The molecule has 0 aliphatic carbocycles. The van der Waals surface area contributed by atoms with Crippen molar-refractivity contribution in [1.29, 1.82) is 0 Å². The molecule has 3 aromatic carbocycles. The second-order valence-electron chi connectivity index (χ2n) is 9.69. The number of aryl methyl sites for hydroxylation is 2. The highest BCUT2D eigenvalue weighted by Gasteiger charge is 2.40. The first-order chi connectivity index (χ1) is 18.6. The monoisotopic (exact) mass is 500 g/mol. The van der Waals surface area contributed by atoms with Gasteiger partial charge in [-0.15, -0.1) is 0 Å². The Morgan fingerprint density at radius 2 is 1.68 bits per heavy atom. The van der Waals surface area contributed by atoms with Crippen LogP contribution in [-0.4, -0.2) is 22.6 Å². The molecular formula is C33H28N2O3. The topological polar surface area (TPSA) is 59.8 Å². The zero-order valence-corrected chi connectivity index (χ0v) is 21.3. The van der Waals surface area contributed by atoms with E-state index in [0.29, 0.717) is 17.0 Å². The van der Waals surface area contributed by atoms with E-state index in [-0.39, 0.29) is 5.78 Å². The lowest BCUT2D eigenvalue weighted by Crippen LogP contribution is -2.41. The van der Waals surface area contributed by atoms with Gasteiger partial charge in [-0.3, -0.25) is 9.59 Å². The fraction of sp³-hybridized carbons (Fsp3) is 0.152. The summed E-state index contributed by atoms with van der Waals surface area (Å²) in [5, 5.41) is 3.61. The number of fused-ring (bicyclic) bond motifs is 2. The SMILES string of the molecule is CCc1ccc(C(=O)[C@@H]2Oc3ccccc3N[C@H]2c2c(-c3ccc(C)cc3)c(C=O)n3ccccc23)cc1. The number of carbonyl (C=O) groups is 2. The quantitative estimate of drug-likeness (QED) is 0.200. The van der Waals surface area contributed by atoms with E-state index in [2.05, 4.69) is 12.2 Å². The van der Waals surface area contributed by atoms with Crippen molar-refractivity contribution in [1.82, 2.24) is 4.40 Å². The Balaban J connectivity index is 1.58. The number of aromatic nitrogens is 1. The molecule has 5 aromatic rings. The predicted molar refractivity (Wildman–Crippen MR) is 150 cm³/mol. The second kappa shape index (κ2) is 9.67. The van der Waals surface area contributed by atoms with E-state index < -0.39 is 12.1 Å². The molecule has 1 N–H and O–H groups in total. The Labute approximate surface area is 221 Å². The predicted octanol–water partition coefficient (Wildman–Crippen LogP) is 7.09. The Bertz CT molecular complexity index is 1650. The molecule has 0 saturated heterocycles. The van der Waals surface area contributed by atoms with E-state index in [1.54, 1.807) is 0 Å². The van der Waals surface area contributed by atoms with Gasteiger partial charge in [-0.2, -0.15) is 0 Å². The molecule has 0 radical (unpaired) electrons. The van der Waals surface area contributed by atoms with Crippen molar-refractivity contribution in [2.75, 3.05) is 5.32 Å². The van der Waals surface area contributed by atoms with Crippen LogP contribution in [0.3, 0.4) is 0 Å². The number of nitrogens with one attached hydrogen (secondary N) is 1. The van der Waals surface area contributed by atoms with Crippen molar-refractivity contribution < 1.29 is 14.3 Å². The van der Waals surface area contributed by atoms with E-state index in [0.717, 1.165) is 46.2 Å². The third-order valence-corrected chi connectivity index (χ3v) is 7.34. The highest BCUT2D eigenvalue weighted by Crippen LogP contribution is 2.44. The minimum Gasteiger partial charge on any atom is -0.478 e. The van der Waals surface area contributed by atoms with Crippen LogP contribution < -0.4 is 10.1 Å². The van der Waals surface area contributed by atoms with Gasteiger partial charge in [0.2, 0.25) is 5.78 Å². The summed E-state index contributed by atoms with van der Waals surface area (Å²) >= 11 is 0. The van der Waals surface area contributed by atoms with Gasteiger partial charge in [-0.05, 0) is 48.7 Å². The van der Waals surface area contributed by atoms with Crippen LogP contribution in [0.15, 0.2) is 97.2 Å². The summed E-state index contributed by atoms with van der Waals surface area (Å²) in [6, 6.07) is 28.8. The maximum atomic E-state index is 14.1. The van der Waals surface area contributed by atoms with Gasteiger partial charge in [0.05, 0.1) is 22.9 Å². The molecule has 188 valence electrons. The summed E-state index contributed by atoms with van der Waals surface area (Å²) in [6.45, 7) is 4.13. The Morgan fingerprint density at radius 1 is 0.947 bits per heavy atom. The summed E-state index contributed by atoms with van der Waals surface area (Å²) < 4.78 is 8.36. The van der Waals surface area contributed by atoms with Crippen LogP contribution in [0.2, 0.25) is 0 Å². The van der Waals surface area contributed by atoms with E-state index in [1.807, 2.05) is 109 Å². The zero-order chi connectivity index (χ0) is 26.2. The lowest BCUT2D eigenvalue weighted by atomic mass is 9.88. The average Bonchev–Trinajstić information content (AvgIpc) is 3.30. The molecule has 0 amide bonds. The maximum absolute atomic E-state index is 14.1. The minimum absolute atomic E-state index is 0.113. The molecule has 6 rings (SSSR count). The Morgan fingerprint density at radius 3 is 2.42 bits per heavy atom. The van der Waals surface area contributed by atoms with Crippen molar-refractivity contribution in [3.05, 3.63) is 125 Å². The molecule has 2 aromatic heterocycles. The molecule has 38 heavy (non-hydrogen) atoms. The third-order valence-electron chi connectivity index (χ3n) is 7.34. The molecule has 0 spiro atoms. The number of Topliss-reactive ketones (excluding diaryl/α,β-unsaturated/α-hetero) is 1. The number of hydrogen-bond donors (Lipinski definition) is 1. The third kappa shape index (κ3) is 3.97. The molecule has 0 fully saturated rings. The van der Waals surface area contributed by atoms with Crippen LogP contribution >= 0.6 is 0 Å².